The number of rotatable bonds is 16. The molecular formula is C20H38O4Sn. The van der Waals surface area contributed by atoms with Gasteiger partial charge in [0, 0.05) is 0 Å². The van der Waals surface area contributed by atoms with Crippen LogP contribution in [0.5, 0.6) is 0 Å². The molecule has 146 valence electrons. The van der Waals surface area contributed by atoms with Crippen molar-refractivity contribution in [2.75, 3.05) is 0 Å². The first-order chi connectivity index (χ1) is 12.1. The van der Waals surface area contributed by atoms with E-state index in [0.717, 1.165) is 38.5 Å². The Labute approximate surface area is 166 Å². The molecule has 0 fully saturated rings. The monoisotopic (exact) mass is 462 g/mol. The maximum absolute atomic E-state index is 12.1. The van der Waals surface area contributed by atoms with Crippen LogP contribution in [0.3, 0.4) is 0 Å². The zero-order valence-corrected chi connectivity index (χ0v) is 19.6. The Hall–Kier alpha value is -0.261. The van der Waals surface area contributed by atoms with Gasteiger partial charge in [-0.1, -0.05) is 0 Å². The van der Waals surface area contributed by atoms with Crippen LogP contribution in [0, 0.1) is 11.8 Å². The molecule has 2 atom stereocenters. The summed E-state index contributed by atoms with van der Waals surface area (Å²) in [6, 6.07) is 0. The molecule has 0 amide bonds. The van der Waals surface area contributed by atoms with Gasteiger partial charge in [0.15, 0.2) is 0 Å². The second kappa shape index (κ2) is 17.2. The summed E-state index contributed by atoms with van der Waals surface area (Å²) in [6.45, 7) is 8.40. The molecule has 0 aliphatic carbocycles. The van der Waals surface area contributed by atoms with Gasteiger partial charge < -0.3 is 0 Å². The van der Waals surface area contributed by atoms with Crippen molar-refractivity contribution in [3.8, 4) is 0 Å². The zero-order valence-electron chi connectivity index (χ0n) is 16.8. The molecule has 0 aromatic heterocycles. The number of carbonyl (C=O) groups is 2. The third kappa shape index (κ3) is 12.7. The summed E-state index contributed by atoms with van der Waals surface area (Å²) in [5.74, 6) is -0.385. The molecule has 0 rings (SSSR count). The molecule has 0 heterocycles. The molecule has 2 unspecified atom stereocenters. The fourth-order valence-corrected chi connectivity index (χ4v) is 4.42. The van der Waals surface area contributed by atoms with E-state index in [0.29, 0.717) is 0 Å². The van der Waals surface area contributed by atoms with E-state index in [4.69, 9.17) is 6.15 Å². The first-order valence-electron chi connectivity index (χ1n) is 10.3. The number of unbranched alkanes of at least 4 members (excludes halogenated alkanes) is 6. The summed E-state index contributed by atoms with van der Waals surface area (Å²) in [6.07, 6.45) is 12.7. The summed E-state index contributed by atoms with van der Waals surface area (Å²) < 4.78 is 10.7. The molecule has 25 heavy (non-hydrogen) atoms. The van der Waals surface area contributed by atoms with Crippen molar-refractivity contribution in [3.05, 3.63) is 0 Å². The number of carbonyl (C=O) groups excluding carboxylic acids is 2. The van der Waals surface area contributed by atoms with E-state index in [9.17, 15) is 9.59 Å². The summed E-state index contributed by atoms with van der Waals surface area (Å²) in [5, 5.41) is 0. The van der Waals surface area contributed by atoms with Crippen molar-refractivity contribution in [1.82, 2.24) is 0 Å². The Balaban J connectivity index is 4.02. The molecule has 0 spiro atoms. The van der Waals surface area contributed by atoms with Crippen LogP contribution < -0.4 is 0 Å². The van der Waals surface area contributed by atoms with E-state index in [2.05, 4.69) is 13.8 Å². The van der Waals surface area contributed by atoms with Crippen molar-refractivity contribution in [2.45, 2.75) is 105 Å². The van der Waals surface area contributed by atoms with Gasteiger partial charge in [0.2, 0.25) is 0 Å². The van der Waals surface area contributed by atoms with Crippen molar-refractivity contribution in [3.63, 3.8) is 0 Å². The van der Waals surface area contributed by atoms with Gasteiger partial charge in [-0.15, -0.1) is 0 Å². The van der Waals surface area contributed by atoms with Crippen LogP contribution in [-0.4, -0.2) is 33.9 Å². The fourth-order valence-electron chi connectivity index (χ4n) is 2.88. The van der Waals surface area contributed by atoms with Crippen LogP contribution in [0.25, 0.3) is 0 Å². The molecule has 0 aliphatic heterocycles. The molecule has 0 bridgehead atoms. The topological polar surface area (TPSA) is 52.6 Å². The van der Waals surface area contributed by atoms with Crippen LogP contribution in [-0.2, 0) is 15.7 Å². The second-order valence-corrected chi connectivity index (χ2v) is 8.48. The van der Waals surface area contributed by atoms with Crippen LogP contribution in [0.2, 0.25) is 0 Å². The molecule has 4 nitrogen and oxygen atoms in total. The average Bonchev–Trinajstić information content (AvgIpc) is 2.61. The van der Waals surface area contributed by atoms with E-state index in [1.165, 1.54) is 38.5 Å². The molecule has 5 heteroatoms. The Morgan fingerprint density at radius 3 is 1.40 bits per heavy atom. The quantitative estimate of drug-likeness (QED) is 0.222. The standard InChI is InChI=1S/2C10H20O2.Sn/c2*1-3-5-6-7-8-9(4-2)10(11)12;/h2*9H,3-8H2,1-2H3,(H,11,12);/q;;+2/p-2. The molecular weight excluding hydrogens is 423 g/mol. The molecule has 0 N–H and O–H groups in total. The van der Waals surface area contributed by atoms with E-state index < -0.39 is 22.0 Å². The van der Waals surface area contributed by atoms with Gasteiger partial charge in [0.1, 0.15) is 0 Å². The maximum atomic E-state index is 12.1. The van der Waals surface area contributed by atoms with Gasteiger partial charge in [-0.05, 0) is 0 Å². The van der Waals surface area contributed by atoms with E-state index in [1.807, 2.05) is 13.8 Å². The Bertz CT molecular complexity index is 315. The SMILES string of the molecule is CCCCCCC(CC)C(=O)[O][Sn][O]C(=O)C(CC)CCCCCC. The van der Waals surface area contributed by atoms with Gasteiger partial charge >= 0.3 is 166 Å². The second-order valence-electron chi connectivity index (χ2n) is 6.83. The molecule has 0 aromatic rings. The number of hydrogen-bond donors (Lipinski definition) is 0. The molecule has 0 aromatic carbocycles. The van der Waals surface area contributed by atoms with Gasteiger partial charge in [0.25, 0.3) is 0 Å². The van der Waals surface area contributed by atoms with Crippen molar-refractivity contribution in [1.29, 1.82) is 0 Å². The van der Waals surface area contributed by atoms with E-state index in [-0.39, 0.29) is 23.8 Å². The molecule has 0 saturated heterocycles. The summed E-state index contributed by atoms with van der Waals surface area (Å²) in [4.78, 5) is 24.3. The molecule has 2 radical (unpaired) electrons. The minimum atomic E-state index is -1.85. The van der Waals surface area contributed by atoms with E-state index >= 15 is 0 Å². The normalized spacial score (nSPS) is 13.3. The van der Waals surface area contributed by atoms with Gasteiger partial charge in [-0.25, -0.2) is 0 Å². The third-order valence-corrected chi connectivity index (χ3v) is 6.37. The van der Waals surface area contributed by atoms with Crippen molar-refractivity contribution >= 4 is 33.9 Å². The van der Waals surface area contributed by atoms with Crippen molar-refractivity contribution in [2.24, 2.45) is 11.8 Å². The Morgan fingerprint density at radius 2 is 1.08 bits per heavy atom. The predicted molar refractivity (Wildman–Crippen MR) is 103 cm³/mol. The zero-order chi connectivity index (χ0) is 18.9. The van der Waals surface area contributed by atoms with Gasteiger partial charge in [0.05, 0.1) is 0 Å². The molecule has 0 saturated carbocycles. The fraction of sp³-hybridized carbons (Fsp3) is 0.900. The Morgan fingerprint density at radius 1 is 0.680 bits per heavy atom. The average molecular weight is 461 g/mol. The van der Waals surface area contributed by atoms with Gasteiger partial charge in [-0.2, -0.15) is 0 Å². The number of hydrogen-bond acceptors (Lipinski definition) is 4. The Kier molecular flexibility index (Phi) is 17.0. The van der Waals surface area contributed by atoms with Crippen LogP contribution in [0.1, 0.15) is 105 Å². The first-order valence-corrected chi connectivity index (χ1v) is 12.6. The summed E-state index contributed by atoms with van der Waals surface area (Å²) in [7, 11) is 0. The molecule has 0 aliphatic rings. The van der Waals surface area contributed by atoms with Crippen LogP contribution in [0.15, 0.2) is 0 Å². The van der Waals surface area contributed by atoms with Gasteiger partial charge in [-0.3, -0.25) is 0 Å². The van der Waals surface area contributed by atoms with Crippen LogP contribution in [0.4, 0.5) is 0 Å². The summed E-state index contributed by atoms with van der Waals surface area (Å²) in [5.41, 5.74) is 0. The predicted octanol–water partition coefficient (Wildman–Crippen LogP) is 5.60. The van der Waals surface area contributed by atoms with E-state index in [1.54, 1.807) is 0 Å². The first kappa shape index (κ1) is 24.7. The third-order valence-electron chi connectivity index (χ3n) is 4.75. The van der Waals surface area contributed by atoms with Crippen molar-refractivity contribution < 1.29 is 15.7 Å². The minimum absolute atomic E-state index is 0.0347. The summed E-state index contributed by atoms with van der Waals surface area (Å²) >= 11 is -1.85. The van der Waals surface area contributed by atoms with Crippen LogP contribution >= 0.6 is 0 Å².